The number of rotatable bonds is 8. The van der Waals surface area contributed by atoms with Crippen molar-refractivity contribution in [1.82, 2.24) is 5.32 Å². The maximum absolute atomic E-state index is 11.6. The minimum Gasteiger partial charge on any atom is -0.494 e. The Kier molecular flexibility index (Phi) is 5.81. The maximum atomic E-state index is 11.6. The summed E-state index contributed by atoms with van der Waals surface area (Å²) in [5, 5.41) is 2.75. The molecule has 23 heavy (non-hydrogen) atoms. The summed E-state index contributed by atoms with van der Waals surface area (Å²) >= 11 is 0. The van der Waals surface area contributed by atoms with Crippen LogP contribution in [0.2, 0.25) is 0 Å². The summed E-state index contributed by atoms with van der Waals surface area (Å²) in [5.41, 5.74) is 0. The lowest BCUT2D eigenvalue weighted by molar-refractivity contribution is -0.121. The van der Waals surface area contributed by atoms with Crippen LogP contribution in [0, 0.1) is 0 Å². The summed E-state index contributed by atoms with van der Waals surface area (Å²) in [5.74, 6) is 1.21. The van der Waals surface area contributed by atoms with Crippen molar-refractivity contribution >= 4 is 15.7 Å². The lowest BCUT2D eigenvalue weighted by Gasteiger charge is -2.07. The van der Waals surface area contributed by atoms with Crippen molar-refractivity contribution in [1.29, 1.82) is 0 Å². The van der Waals surface area contributed by atoms with E-state index in [0.29, 0.717) is 37.5 Å². The Morgan fingerprint density at radius 2 is 1.96 bits per heavy atom. The molecule has 124 valence electrons. The van der Waals surface area contributed by atoms with E-state index in [1.807, 2.05) is 0 Å². The molecule has 0 spiro atoms. The van der Waals surface area contributed by atoms with Crippen molar-refractivity contribution in [3.63, 3.8) is 0 Å². The van der Waals surface area contributed by atoms with E-state index in [4.69, 9.17) is 9.15 Å². The van der Waals surface area contributed by atoms with E-state index in [1.165, 1.54) is 12.1 Å². The normalized spacial score (nSPS) is 11.2. The number of sulfone groups is 1. The Morgan fingerprint density at radius 1 is 1.22 bits per heavy atom. The molecule has 0 atom stereocenters. The van der Waals surface area contributed by atoms with Gasteiger partial charge >= 0.3 is 0 Å². The smallest absolute Gasteiger partial charge is 0.220 e. The molecule has 2 aromatic rings. The quantitative estimate of drug-likeness (QED) is 0.746. The number of amides is 1. The first-order chi connectivity index (χ1) is 10.9. The predicted octanol–water partition coefficient (Wildman–Crippen LogP) is 2.16. The van der Waals surface area contributed by atoms with E-state index in [1.54, 1.807) is 30.5 Å². The maximum Gasteiger partial charge on any atom is 0.220 e. The lowest BCUT2D eigenvalue weighted by Crippen LogP contribution is -2.22. The highest BCUT2D eigenvalue weighted by Gasteiger charge is 2.07. The molecule has 6 nitrogen and oxygen atoms in total. The Labute approximate surface area is 135 Å². The molecule has 1 N–H and O–H groups in total. The third kappa shape index (κ3) is 5.78. The van der Waals surface area contributed by atoms with Crippen LogP contribution in [0.25, 0.3) is 0 Å². The Hall–Kier alpha value is -2.28. The van der Waals surface area contributed by atoms with Crippen molar-refractivity contribution in [3.8, 4) is 5.75 Å². The molecule has 0 radical (unpaired) electrons. The van der Waals surface area contributed by atoms with Crippen molar-refractivity contribution in [2.75, 3.05) is 12.9 Å². The SMILES string of the molecule is CS(=O)(=O)c1ccc(OCCCC(=O)NCc2ccco2)cc1. The zero-order chi connectivity index (χ0) is 16.7. The zero-order valence-electron chi connectivity index (χ0n) is 12.8. The van der Waals surface area contributed by atoms with Gasteiger partial charge in [-0.2, -0.15) is 0 Å². The fourth-order valence-electron chi connectivity index (χ4n) is 1.89. The standard InChI is InChI=1S/C16H19NO5S/c1-23(19,20)15-8-6-13(7-9-15)21-11-3-5-16(18)17-12-14-4-2-10-22-14/h2,4,6-10H,3,5,11-12H2,1H3,(H,17,18). The van der Waals surface area contributed by atoms with Gasteiger partial charge in [-0.25, -0.2) is 8.42 Å². The highest BCUT2D eigenvalue weighted by Crippen LogP contribution is 2.16. The Bertz CT molecular complexity index is 720. The van der Waals surface area contributed by atoms with Crippen LogP contribution >= 0.6 is 0 Å². The van der Waals surface area contributed by atoms with Gasteiger partial charge in [-0.1, -0.05) is 0 Å². The average molecular weight is 337 g/mol. The molecule has 0 unspecified atom stereocenters. The summed E-state index contributed by atoms with van der Waals surface area (Å²) in [6.07, 6.45) is 3.63. The molecule has 0 aliphatic heterocycles. The number of carbonyl (C=O) groups excluding carboxylic acids is 1. The van der Waals surface area contributed by atoms with Gasteiger partial charge in [-0.05, 0) is 42.8 Å². The fourth-order valence-corrected chi connectivity index (χ4v) is 2.52. The number of hydrogen-bond donors (Lipinski definition) is 1. The van der Waals surface area contributed by atoms with Gasteiger partial charge in [0.25, 0.3) is 0 Å². The van der Waals surface area contributed by atoms with Gasteiger partial charge in [0.2, 0.25) is 5.91 Å². The van der Waals surface area contributed by atoms with Crippen LogP contribution in [0.1, 0.15) is 18.6 Å². The molecule has 0 aliphatic carbocycles. The molecule has 1 aromatic heterocycles. The molecule has 1 aromatic carbocycles. The van der Waals surface area contributed by atoms with Gasteiger partial charge in [-0.3, -0.25) is 4.79 Å². The van der Waals surface area contributed by atoms with E-state index in [0.717, 1.165) is 6.26 Å². The van der Waals surface area contributed by atoms with Crippen LogP contribution in [0.3, 0.4) is 0 Å². The highest BCUT2D eigenvalue weighted by molar-refractivity contribution is 7.90. The Balaban J connectivity index is 1.66. The number of hydrogen-bond acceptors (Lipinski definition) is 5. The monoisotopic (exact) mass is 337 g/mol. The number of furan rings is 1. The van der Waals surface area contributed by atoms with Gasteiger partial charge in [-0.15, -0.1) is 0 Å². The molecule has 0 bridgehead atoms. The van der Waals surface area contributed by atoms with E-state index in [9.17, 15) is 13.2 Å². The third-order valence-electron chi connectivity index (χ3n) is 3.11. The van der Waals surface area contributed by atoms with Crippen molar-refractivity contribution in [3.05, 3.63) is 48.4 Å². The summed E-state index contributed by atoms with van der Waals surface area (Å²) in [6.45, 7) is 0.756. The van der Waals surface area contributed by atoms with Gasteiger partial charge < -0.3 is 14.5 Å². The average Bonchev–Trinajstić information content (AvgIpc) is 3.02. The summed E-state index contributed by atoms with van der Waals surface area (Å²) in [6, 6.07) is 9.77. The van der Waals surface area contributed by atoms with Crippen LogP contribution < -0.4 is 10.1 Å². The topological polar surface area (TPSA) is 85.6 Å². The number of benzene rings is 1. The van der Waals surface area contributed by atoms with Crippen molar-refractivity contribution < 1.29 is 22.4 Å². The number of ether oxygens (including phenoxy) is 1. The minimum absolute atomic E-state index is 0.0718. The summed E-state index contributed by atoms with van der Waals surface area (Å²) in [4.78, 5) is 11.9. The van der Waals surface area contributed by atoms with Crippen LogP contribution in [0.4, 0.5) is 0 Å². The molecular formula is C16H19NO5S. The highest BCUT2D eigenvalue weighted by atomic mass is 32.2. The molecule has 7 heteroatoms. The summed E-state index contributed by atoms with van der Waals surface area (Å²) < 4.78 is 33.3. The fraction of sp³-hybridized carbons (Fsp3) is 0.312. The third-order valence-corrected chi connectivity index (χ3v) is 4.24. The largest absolute Gasteiger partial charge is 0.494 e. The van der Waals surface area contributed by atoms with Gasteiger partial charge in [0.05, 0.1) is 24.3 Å². The van der Waals surface area contributed by atoms with E-state index >= 15 is 0 Å². The molecule has 0 aliphatic rings. The van der Waals surface area contributed by atoms with Gasteiger partial charge in [0, 0.05) is 12.7 Å². The number of nitrogens with one attached hydrogen (secondary N) is 1. The second-order valence-corrected chi connectivity index (χ2v) is 7.07. The summed E-state index contributed by atoms with van der Waals surface area (Å²) in [7, 11) is -3.20. The predicted molar refractivity (Wildman–Crippen MR) is 84.8 cm³/mol. The van der Waals surface area contributed by atoms with E-state index in [-0.39, 0.29) is 10.8 Å². The molecule has 2 rings (SSSR count). The molecule has 1 amide bonds. The first-order valence-electron chi connectivity index (χ1n) is 7.17. The minimum atomic E-state index is -3.20. The molecule has 0 saturated carbocycles. The van der Waals surface area contributed by atoms with Gasteiger partial charge in [0.15, 0.2) is 9.84 Å². The van der Waals surface area contributed by atoms with Crippen molar-refractivity contribution in [2.24, 2.45) is 0 Å². The van der Waals surface area contributed by atoms with Crippen LogP contribution in [0.15, 0.2) is 52.0 Å². The molecule has 1 heterocycles. The van der Waals surface area contributed by atoms with Crippen LogP contribution in [0.5, 0.6) is 5.75 Å². The Morgan fingerprint density at radius 3 is 2.57 bits per heavy atom. The van der Waals surface area contributed by atoms with Crippen LogP contribution in [-0.4, -0.2) is 27.2 Å². The molecule has 0 fully saturated rings. The first-order valence-corrected chi connectivity index (χ1v) is 9.06. The van der Waals surface area contributed by atoms with E-state index < -0.39 is 9.84 Å². The van der Waals surface area contributed by atoms with Gasteiger partial charge in [0.1, 0.15) is 11.5 Å². The van der Waals surface area contributed by atoms with Crippen molar-refractivity contribution in [2.45, 2.75) is 24.3 Å². The molecule has 0 saturated heterocycles. The lowest BCUT2D eigenvalue weighted by atomic mass is 10.3. The first kappa shape index (κ1) is 17.1. The van der Waals surface area contributed by atoms with E-state index in [2.05, 4.69) is 5.32 Å². The zero-order valence-corrected chi connectivity index (χ0v) is 13.6. The van der Waals surface area contributed by atoms with Crippen LogP contribution in [-0.2, 0) is 21.2 Å². The second kappa shape index (κ2) is 7.82. The second-order valence-electron chi connectivity index (χ2n) is 5.05. The molecular weight excluding hydrogens is 318 g/mol. The number of carbonyl (C=O) groups is 1.